The third kappa shape index (κ3) is 3.88. The molecule has 1 fully saturated rings. The summed E-state index contributed by atoms with van der Waals surface area (Å²) < 4.78 is 13.7. The van der Waals surface area contributed by atoms with Crippen LogP contribution in [-0.2, 0) is 6.54 Å². The second kappa shape index (κ2) is 7.33. The van der Waals surface area contributed by atoms with Gasteiger partial charge in [0, 0.05) is 19.6 Å². The van der Waals surface area contributed by atoms with Crippen LogP contribution in [0, 0.1) is 5.92 Å². The van der Waals surface area contributed by atoms with E-state index >= 15 is 0 Å². The Kier molecular flexibility index (Phi) is 4.76. The zero-order valence-electron chi connectivity index (χ0n) is 13.9. The summed E-state index contributed by atoms with van der Waals surface area (Å²) >= 11 is 1.25. The third-order valence-corrected chi connectivity index (χ3v) is 5.18. The number of aromatic nitrogens is 2. The molecule has 0 unspecified atom stereocenters. The van der Waals surface area contributed by atoms with Gasteiger partial charge < -0.3 is 9.73 Å². The van der Waals surface area contributed by atoms with Crippen LogP contribution < -0.4 is 5.32 Å². The fourth-order valence-corrected chi connectivity index (χ4v) is 3.90. The van der Waals surface area contributed by atoms with Gasteiger partial charge in [0.05, 0.1) is 18.0 Å². The molecule has 1 amide bonds. The van der Waals surface area contributed by atoms with Crippen molar-refractivity contribution >= 4 is 28.7 Å². The lowest BCUT2D eigenvalue weighted by molar-refractivity contribution is 0.0903. The number of nitrogens with one attached hydrogen (secondary N) is 1. The van der Waals surface area contributed by atoms with Crippen molar-refractivity contribution in [2.45, 2.75) is 19.4 Å². The SMILES string of the molecule is O=C(NC[C@H]1CCCN(Cc2ccc3nsnc3c2)C1)c1ccco1. The van der Waals surface area contributed by atoms with Gasteiger partial charge >= 0.3 is 0 Å². The molecule has 1 aliphatic heterocycles. The van der Waals surface area contributed by atoms with E-state index in [1.807, 2.05) is 6.07 Å². The molecule has 1 N–H and O–H groups in total. The molecule has 130 valence electrons. The van der Waals surface area contributed by atoms with Crippen LogP contribution in [-0.4, -0.2) is 39.2 Å². The zero-order valence-corrected chi connectivity index (χ0v) is 14.7. The molecule has 3 aromatic rings. The summed E-state index contributed by atoms with van der Waals surface area (Å²) in [7, 11) is 0. The Balaban J connectivity index is 1.32. The number of hydrogen-bond donors (Lipinski definition) is 1. The summed E-state index contributed by atoms with van der Waals surface area (Å²) in [5.41, 5.74) is 3.20. The highest BCUT2D eigenvalue weighted by molar-refractivity contribution is 7.00. The molecule has 2 aromatic heterocycles. The number of hydrogen-bond acceptors (Lipinski definition) is 6. The number of amides is 1. The van der Waals surface area contributed by atoms with Crippen LogP contribution in [0.15, 0.2) is 41.0 Å². The topological polar surface area (TPSA) is 71.3 Å². The summed E-state index contributed by atoms with van der Waals surface area (Å²) in [6.45, 7) is 3.68. The first-order valence-corrected chi connectivity index (χ1v) is 9.26. The monoisotopic (exact) mass is 356 g/mol. The molecule has 4 rings (SSSR count). The number of benzene rings is 1. The summed E-state index contributed by atoms with van der Waals surface area (Å²) in [4.78, 5) is 14.4. The minimum Gasteiger partial charge on any atom is -0.459 e. The standard InChI is InChI=1S/C18H20N4O2S/c23-18(17-4-2-8-24-17)19-10-14-3-1-7-22(12-14)11-13-5-6-15-16(9-13)21-25-20-15/h2,4-6,8-9,14H,1,3,7,10-12H2,(H,19,23)/t14-/m1/s1. The molecular weight excluding hydrogens is 336 g/mol. The Hall–Kier alpha value is -2.25. The summed E-state index contributed by atoms with van der Waals surface area (Å²) in [6, 6.07) is 9.71. The van der Waals surface area contributed by atoms with Crippen LogP contribution in [0.5, 0.6) is 0 Å². The third-order valence-electron chi connectivity index (χ3n) is 4.62. The molecule has 7 heteroatoms. The van der Waals surface area contributed by atoms with Crippen molar-refractivity contribution in [2.75, 3.05) is 19.6 Å². The van der Waals surface area contributed by atoms with Crippen molar-refractivity contribution in [2.24, 2.45) is 5.92 Å². The second-order valence-electron chi connectivity index (χ2n) is 6.52. The first-order valence-electron chi connectivity index (χ1n) is 8.53. The van der Waals surface area contributed by atoms with E-state index in [9.17, 15) is 4.79 Å². The molecule has 1 aliphatic rings. The van der Waals surface area contributed by atoms with Gasteiger partial charge in [-0.3, -0.25) is 9.69 Å². The van der Waals surface area contributed by atoms with Gasteiger partial charge in [-0.2, -0.15) is 8.75 Å². The smallest absolute Gasteiger partial charge is 0.286 e. The van der Waals surface area contributed by atoms with E-state index in [0.29, 0.717) is 18.2 Å². The normalized spacial score (nSPS) is 18.5. The average Bonchev–Trinajstić information content (AvgIpc) is 3.31. The maximum Gasteiger partial charge on any atom is 0.286 e. The maximum atomic E-state index is 12.0. The molecule has 0 spiro atoms. The minimum atomic E-state index is -0.136. The largest absolute Gasteiger partial charge is 0.459 e. The highest BCUT2D eigenvalue weighted by atomic mass is 32.1. The Bertz CT molecular complexity index is 846. The van der Waals surface area contributed by atoms with E-state index < -0.39 is 0 Å². The molecule has 1 saturated heterocycles. The predicted octanol–water partition coefficient (Wildman–Crippen LogP) is 2.93. The van der Waals surface area contributed by atoms with Crippen molar-refractivity contribution in [1.29, 1.82) is 0 Å². The number of nitrogens with zero attached hydrogens (tertiary/aromatic N) is 3. The molecule has 0 bridgehead atoms. The Labute approximate surface area is 150 Å². The molecule has 25 heavy (non-hydrogen) atoms. The quantitative estimate of drug-likeness (QED) is 0.761. The first kappa shape index (κ1) is 16.2. The molecule has 1 atom stereocenters. The van der Waals surface area contributed by atoms with Crippen molar-refractivity contribution in [3.8, 4) is 0 Å². The summed E-state index contributed by atoms with van der Waals surface area (Å²) in [5, 5.41) is 2.98. The van der Waals surface area contributed by atoms with Crippen molar-refractivity contribution in [3.05, 3.63) is 47.9 Å². The van der Waals surface area contributed by atoms with Crippen LogP contribution in [0.3, 0.4) is 0 Å². The van der Waals surface area contributed by atoms with Gasteiger partial charge in [0.2, 0.25) is 0 Å². The van der Waals surface area contributed by atoms with Crippen molar-refractivity contribution < 1.29 is 9.21 Å². The predicted molar refractivity (Wildman–Crippen MR) is 96.5 cm³/mol. The number of carbonyl (C=O) groups is 1. The number of piperidine rings is 1. The number of rotatable bonds is 5. The van der Waals surface area contributed by atoms with Gasteiger partial charge in [0.1, 0.15) is 11.0 Å². The number of likely N-dealkylation sites (tertiary alicyclic amines) is 1. The van der Waals surface area contributed by atoms with Crippen LogP contribution in [0.2, 0.25) is 0 Å². The van der Waals surface area contributed by atoms with Gasteiger partial charge in [-0.1, -0.05) is 6.07 Å². The fourth-order valence-electron chi connectivity index (χ4n) is 3.38. The van der Waals surface area contributed by atoms with Crippen LogP contribution >= 0.6 is 11.7 Å². The second-order valence-corrected chi connectivity index (χ2v) is 7.05. The molecule has 6 nitrogen and oxygen atoms in total. The highest BCUT2D eigenvalue weighted by Gasteiger charge is 2.21. The van der Waals surface area contributed by atoms with E-state index in [2.05, 4.69) is 31.1 Å². The van der Waals surface area contributed by atoms with Crippen molar-refractivity contribution in [1.82, 2.24) is 19.0 Å². The zero-order chi connectivity index (χ0) is 17.1. The lowest BCUT2D eigenvalue weighted by atomic mass is 9.97. The maximum absolute atomic E-state index is 12.0. The molecule has 0 aliphatic carbocycles. The number of furan rings is 1. The summed E-state index contributed by atoms with van der Waals surface area (Å²) in [6.07, 6.45) is 3.82. The van der Waals surface area contributed by atoms with Crippen LogP contribution in [0.1, 0.15) is 29.0 Å². The number of fused-ring (bicyclic) bond motifs is 1. The van der Waals surface area contributed by atoms with Crippen LogP contribution in [0.4, 0.5) is 0 Å². The summed E-state index contributed by atoms with van der Waals surface area (Å²) in [5.74, 6) is 0.707. The average molecular weight is 356 g/mol. The Morgan fingerprint density at radius 3 is 3.12 bits per heavy atom. The fraction of sp³-hybridized carbons (Fsp3) is 0.389. The first-order chi connectivity index (χ1) is 12.3. The molecule has 0 saturated carbocycles. The molecular formula is C18H20N4O2S. The van der Waals surface area contributed by atoms with Crippen molar-refractivity contribution in [3.63, 3.8) is 0 Å². The molecule has 3 heterocycles. The lowest BCUT2D eigenvalue weighted by Gasteiger charge is -2.32. The molecule has 0 radical (unpaired) electrons. The van der Waals surface area contributed by atoms with E-state index in [1.165, 1.54) is 23.6 Å². The lowest BCUT2D eigenvalue weighted by Crippen LogP contribution is -2.40. The number of carbonyl (C=O) groups excluding carboxylic acids is 1. The van der Waals surface area contributed by atoms with Gasteiger partial charge in [-0.15, -0.1) is 0 Å². The molecule has 1 aromatic carbocycles. The van der Waals surface area contributed by atoms with E-state index in [1.54, 1.807) is 12.1 Å². The van der Waals surface area contributed by atoms with E-state index in [0.717, 1.165) is 43.5 Å². The van der Waals surface area contributed by atoms with E-state index in [-0.39, 0.29) is 5.91 Å². The van der Waals surface area contributed by atoms with Gasteiger partial charge in [0.25, 0.3) is 5.91 Å². The van der Waals surface area contributed by atoms with Gasteiger partial charge in [0.15, 0.2) is 5.76 Å². The van der Waals surface area contributed by atoms with Gasteiger partial charge in [-0.05, 0) is 55.1 Å². The minimum absolute atomic E-state index is 0.136. The van der Waals surface area contributed by atoms with Gasteiger partial charge in [-0.25, -0.2) is 0 Å². The van der Waals surface area contributed by atoms with Crippen LogP contribution in [0.25, 0.3) is 11.0 Å². The Morgan fingerprint density at radius 2 is 2.24 bits per heavy atom. The Morgan fingerprint density at radius 1 is 1.32 bits per heavy atom. The highest BCUT2D eigenvalue weighted by Crippen LogP contribution is 2.20. The van der Waals surface area contributed by atoms with E-state index in [4.69, 9.17) is 4.42 Å².